The minimum atomic E-state index is -3.27. The summed E-state index contributed by atoms with van der Waals surface area (Å²) in [6.07, 6.45) is 0.598. The van der Waals surface area contributed by atoms with Gasteiger partial charge in [0.15, 0.2) is 0 Å². The molecule has 0 spiro atoms. The van der Waals surface area contributed by atoms with Crippen molar-refractivity contribution in [3.8, 4) is 5.75 Å². The van der Waals surface area contributed by atoms with Gasteiger partial charge >= 0.3 is 5.97 Å². The Hall–Kier alpha value is -2.34. The summed E-state index contributed by atoms with van der Waals surface area (Å²) in [4.78, 5) is 12.2. The van der Waals surface area contributed by atoms with Gasteiger partial charge in [-0.05, 0) is 43.7 Å². The average molecular weight is 331 g/mol. The van der Waals surface area contributed by atoms with Gasteiger partial charge in [-0.2, -0.15) is 0 Å². The fourth-order valence-corrected chi connectivity index (χ4v) is 4.05. The van der Waals surface area contributed by atoms with Gasteiger partial charge in [0.2, 0.25) is 10.0 Å². The van der Waals surface area contributed by atoms with Crippen molar-refractivity contribution in [2.75, 3.05) is 16.6 Å². The number of hydrogen-bond acceptors (Lipinski definition) is 4. The summed E-state index contributed by atoms with van der Waals surface area (Å²) in [6.45, 7) is 2.39. The molecule has 1 aliphatic heterocycles. The van der Waals surface area contributed by atoms with Gasteiger partial charge < -0.3 is 4.74 Å². The summed E-state index contributed by atoms with van der Waals surface area (Å²) in [5.74, 6) is 0.0949. The van der Waals surface area contributed by atoms with E-state index in [-0.39, 0.29) is 5.75 Å². The van der Waals surface area contributed by atoms with Gasteiger partial charge in [0.1, 0.15) is 5.75 Å². The number of carbonyl (C=O) groups excluding carboxylic acids is 1. The van der Waals surface area contributed by atoms with Crippen LogP contribution in [0.2, 0.25) is 0 Å². The maximum absolute atomic E-state index is 12.2. The molecule has 0 aliphatic carbocycles. The van der Waals surface area contributed by atoms with Crippen LogP contribution in [0.1, 0.15) is 22.3 Å². The highest BCUT2D eigenvalue weighted by Gasteiger charge is 2.28. The highest BCUT2D eigenvalue weighted by atomic mass is 32.2. The van der Waals surface area contributed by atoms with Crippen LogP contribution in [0, 0.1) is 6.92 Å². The molecule has 2 aromatic rings. The zero-order valence-electron chi connectivity index (χ0n) is 12.7. The molecule has 0 atom stereocenters. The van der Waals surface area contributed by atoms with Gasteiger partial charge in [-0.15, -0.1) is 0 Å². The number of nitrogens with zero attached hydrogens (tertiary/aromatic N) is 1. The van der Waals surface area contributed by atoms with Gasteiger partial charge in [0, 0.05) is 6.54 Å². The molecule has 0 aromatic heterocycles. The number of ether oxygens (including phenoxy) is 1. The van der Waals surface area contributed by atoms with Gasteiger partial charge in [-0.3, -0.25) is 4.31 Å². The number of esters is 1. The first-order valence-electron chi connectivity index (χ1n) is 7.35. The standard InChI is InChI=1S/C17H17NO4S/c1-13-6-8-16(9-7-13)22-17(19)14-4-2-5-15(12-14)18-10-3-11-23(18,20)21/h2,4-9,12H,3,10-11H2,1H3. The van der Waals surface area contributed by atoms with Crippen molar-refractivity contribution in [3.63, 3.8) is 0 Å². The zero-order valence-corrected chi connectivity index (χ0v) is 13.5. The fraction of sp³-hybridized carbons (Fsp3) is 0.235. The van der Waals surface area contributed by atoms with E-state index in [0.717, 1.165) is 5.56 Å². The summed E-state index contributed by atoms with van der Waals surface area (Å²) < 4.78 is 30.6. The van der Waals surface area contributed by atoms with Gasteiger partial charge in [-0.25, -0.2) is 13.2 Å². The lowest BCUT2D eigenvalue weighted by atomic mass is 10.2. The molecule has 0 radical (unpaired) electrons. The zero-order chi connectivity index (χ0) is 16.4. The lowest BCUT2D eigenvalue weighted by Gasteiger charge is -2.17. The third kappa shape index (κ3) is 3.37. The third-order valence-electron chi connectivity index (χ3n) is 3.70. The predicted molar refractivity (Wildman–Crippen MR) is 88.3 cm³/mol. The van der Waals surface area contributed by atoms with E-state index in [0.29, 0.717) is 30.0 Å². The second-order valence-corrected chi connectivity index (χ2v) is 7.51. The lowest BCUT2D eigenvalue weighted by molar-refractivity contribution is 0.0734. The maximum atomic E-state index is 12.2. The van der Waals surface area contributed by atoms with E-state index in [2.05, 4.69) is 0 Å². The predicted octanol–water partition coefficient (Wildman–Crippen LogP) is 2.75. The van der Waals surface area contributed by atoms with E-state index in [9.17, 15) is 13.2 Å². The van der Waals surface area contributed by atoms with Crippen molar-refractivity contribution in [2.24, 2.45) is 0 Å². The molecule has 1 saturated heterocycles. The van der Waals surface area contributed by atoms with Gasteiger partial charge in [0.05, 0.1) is 17.0 Å². The SMILES string of the molecule is Cc1ccc(OC(=O)c2cccc(N3CCCS3(=O)=O)c2)cc1. The maximum Gasteiger partial charge on any atom is 0.343 e. The molecule has 2 aromatic carbocycles. The number of rotatable bonds is 3. The Kier molecular flexibility index (Phi) is 4.09. The topological polar surface area (TPSA) is 63.7 Å². The molecular formula is C17H17NO4S. The van der Waals surface area contributed by atoms with Crippen LogP contribution in [0.4, 0.5) is 5.69 Å². The van der Waals surface area contributed by atoms with Crippen molar-refractivity contribution in [2.45, 2.75) is 13.3 Å². The van der Waals surface area contributed by atoms with Crippen molar-refractivity contribution >= 4 is 21.7 Å². The Morgan fingerprint density at radius 2 is 1.87 bits per heavy atom. The fourth-order valence-electron chi connectivity index (χ4n) is 2.49. The van der Waals surface area contributed by atoms with Gasteiger partial charge in [0.25, 0.3) is 0 Å². The summed E-state index contributed by atoms with van der Waals surface area (Å²) in [5.41, 5.74) is 1.90. The first-order valence-corrected chi connectivity index (χ1v) is 8.96. The molecule has 1 fully saturated rings. The van der Waals surface area contributed by atoms with E-state index < -0.39 is 16.0 Å². The molecule has 6 heteroatoms. The van der Waals surface area contributed by atoms with E-state index in [1.807, 2.05) is 19.1 Å². The molecule has 0 N–H and O–H groups in total. The Bertz CT molecular complexity index is 828. The molecule has 0 saturated carbocycles. The molecule has 0 amide bonds. The van der Waals surface area contributed by atoms with Crippen LogP contribution in [0.5, 0.6) is 5.75 Å². The lowest BCUT2D eigenvalue weighted by Crippen LogP contribution is -2.25. The summed E-state index contributed by atoms with van der Waals surface area (Å²) in [5, 5.41) is 0. The Balaban J connectivity index is 1.82. The summed E-state index contributed by atoms with van der Waals surface area (Å²) in [7, 11) is -3.27. The van der Waals surface area contributed by atoms with Crippen molar-refractivity contribution in [1.82, 2.24) is 0 Å². The normalized spacial score (nSPS) is 16.3. The van der Waals surface area contributed by atoms with E-state index in [1.54, 1.807) is 36.4 Å². The quantitative estimate of drug-likeness (QED) is 0.641. The number of anilines is 1. The van der Waals surface area contributed by atoms with Crippen LogP contribution in [-0.4, -0.2) is 26.7 Å². The monoisotopic (exact) mass is 331 g/mol. The Morgan fingerprint density at radius 3 is 2.52 bits per heavy atom. The smallest absolute Gasteiger partial charge is 0.343 e. The van der Waals surface area contributed by atoms with Crippen LogP contribution in [0.3, 0.4) is 0 Å². The highest BCUT2D eigenvalue weighted by Crippen LogP contribution is 2.25. The van der Waals surface area contributed by atoms with Crippen molar-refractivity contribution in [1.29, 1.82) is 0 Å². The first-order chi connectivity index (χ1) is 11.0. The Morgan fingerprint density at radius 1 is 1.13 bits per heavy atom. The number of carbonyl (C=O) groups is 1. The minimum absolute atomic E-state index is 0.144. The molecule has 3 rings (SSSR count). The summed E-state index contributed by atoms with van der Waals surface area (Å²) in [6, 6.07) is 13.7. The third-order valence-corrected chi connectivity index (χ3v) is 5.57. The number of hydrogen-bond donors (Lipinski definition) is 0. The molecular weight excluding hydrogens is 314 g/mol. The number of aryl methyl sites for hydroxylation is 1. The molecule has 120 valence electrons. The van der Waals surface area contributed by atoms with E-state index >= 15 is 0 Å². The molecule has 0 bridgehead atoms. The van der Waals surface area contributed by atoms with E-state index in [1.165, 1.54) is 4.31 Å². The van der Waals surface area contributed by atoms with Crippen LogP contribution >= 0.6 is 0 Å². The first kappa shape index (κ1) is 15.6. The van der Waals surface area contributed by atoms with Crippen LogP contribution in [0.15, 0.2) is 48.5 Å². The molecule has 5 nitrogen and oxygen atoms in total. The highest BCUT2D eigenvalue weighted by molar-refractivity contribution is 7.93. The van der Waals surface area contributed by atoms with Crippen LogP contribution < -0.4 is 9.04 Å². The Labute approximate surface area is 135 Å². The summed E-state index contributed by atoms with van der Waals surface area (Å²) >= 11 is 0. The van der Waals surface area contributed by atoms with Crippen LogP contribution in [-0.2, 0) is 10.0 Å². The number of benzene rings is 2. The molecule has 23 heavy (non-hydrogen) atoms. The molecule has 0 unspecified atom stereocenters. The molecule has 1 heterocycles. The second-order valence-electron chi connectivity index (χ2n) is 5.49. The average Bonchev–Trinajstić information content (AvgIpc) is 2.89. The van der Waals surface area contributed by atoms with Crippen LogP contribution in [0.25, 0.3) is 0 Å². The number of sulfonamides is 1. The van der Waals surface area contributed by atoms with Gasteiger partial charge in [-0.1, -0.05) is 23.8 Å². The van der Waals surface area contributed by atoms with Crippen molar-refractivity contribution < 1.29 is 17.9 Å². The second kappa shape index (κ2) is 6.04. The minimum Gasteiger partial charge on any atom is -0.423 e. The van der Waals surface area contributed by atoms with Crippen molar-refractivity contribution in [3.05, 3.63) is 59.7 Å². The largest absolute Gasteiger partial charge is 0.423 e. The molecule has 1 aliphatic rings. The van der Waals surface area contributed by atoms with E-state index in [4.69, 9.17) is 4.74 Å².